The minimum atomic E-state index is -0.199. The standard InChI is InChI=1S/C18H18N2O2/c1-2-7-17(21)19-15-10-6-11-16(13-15)20-18(22)12-14-8-4-3-5-9-14/h2-11,13H,12H2,1H3,(H,19,21)(H,20,22)/b7-2+. The molecule has 0 aliphatic rings. The lowest BCUT2D eigenvalue weighted by Gasteiger charge is -2.08. The summed E-state index contributed by atoms with van der Waals surface area (Å²) in [6, 6.07) is 16.6. The van der Waals surface area contributed by atoms with Crippen LogP contribution < -0.4 is 10.6 Å². The molecular weight excluding hydrogens is 276 g/mol. The molecule has 0 aromatic heterocycles. The summed E-state index contributed by atoms with van der Waals surface area (Å²) in [5, 5.41) is 5.56. The van der Waals surface area contributed by atoms with Crippen LogP contribution in [0.15, 0.2) is 66.7 Å². The zero-order valence-electron chi connectivity index (χ0n) is 12.4. The second kappa shape index (κ2) is 7.78. The SMILES string of the molecule is C/C=C/C(=O)Nc1cccc(NC(=O)Cc2ccccc2)c1. The third-order valence-corrected chi connectivity index (χ3v) is 2.94. The Morgan fingerprint density at radius 1 is 0.955 bits per heavy atom. The van der Waals surface area contributed by atoms with Gasteiger partial charge in [-0.15, -0.1) is 0 Å². The van der Waals surface area contributed by atoms with E-state index in [9.17, 15) is 9.59 Å². The zero-order valence-corrected chi connectivity index (χ0v) is 12.4. The highest BCUT2D eigenvalue weighted by Gasteiger charge is 2.05. The van der Waals surface area contributed by atoms with E-state index in [-0.39, 0.29) is 11.8 Å². The van der Waals surface area contributed by atoms with Crippen LogP contribution in [-0.4, -0.2) is 11.8 Å². The Labute approximate surface area is 129 Å². The van der Waals surface area contributed by atoms with Gasteiger partial charge in [-0.05, 0) is 36.8 Å². The molecule has 22 heavy (non-hydrogen) atoms. The van der Waals surface area contributed by atoms with E-state index in [0.717, 1.165) is 5.56 Å². The molecule has 2 rings (SSSR count). The predicted molar refractivity (Wildman–Crippen MR) is 88.7 cm³/mol. The first-order chi connectivity index (χ1) is 10.7. The van der Waals surface area contributed by atoms with Gasteiger partial charge in [0.25, 0.3) is 0 Å². The highest BCUT2D eigenvalue weighted by atomic mass is 16.2. The zero-order chi connectivity index (χ0) is 15.8. The lowest BCUT2D eigenvalue weighted by Crippen LogP contribution is -2.14. The quantitative estimate of drug-likeness (QED) is 0.831. The number of carbonyl (C=O) groups excluding carboxylic acids is 2. The molecule has 0 atom stereocenters. The lowest BCUT2D eigenvalue weighted by atomic mass is 10.1. The van der Waals surface area contributed by atoms with Gasteiger partial charge >= 0.3 is 0 Å². The molecule has 2 aromatic rings. The maximum atomic E-state index is 12.0. The summed E-state index contributed by atoms with van der Waals surface area (Å²) in [6.07, 6.45) is 3.43. The van der Waals surface area contributed by atoms with E-state index in [1.807, 2.05) is 30.3 Å². The molecule has 2 aromatic carbocycles. The van der Waals surface area contributed by atoms with Gasteiger partial charge in [-0.25, -0.2) is 0 Å². The van der Waals surface area contributed by atoms with Crippen molar-refractivity contribution >= 4 is 23.2 Å². The van der Waals surface area contributed by atoms with Crippen LogP contribution in [0.4, 0.5) is 11.4 Å². The summed E-state index contributed by atoms with van der Waals surface area (Å²) in [4.78, 5) is 23.5. The van der Waals surface area contributed by atoms with Gasteiger partial charge in [0.2, 0.25) is 11.8 Å². The number of rotatable bonds is 5. The average molecular weight is 294 g/mol. The monoisotopic (exact) mass is 294 g/mol. The fourth-order valence-corrected chi connectivity index (χ4v) is 2.00. The first-order valence-corrected chi connectivity index (χ1v) is 7.05. The second-order valence-electron chi connectivity index (χ2n) is 4.78. The number of anilines is 2. The fraction of sp³-hybridized carbons (Fsp3) is 0.111. The van der Waals surface area contributed by atoms with E-state index in [2.05, 4.69) is 10.6 Å². The van der Waals surface area contributed by atoms with E-state index < -0.39 is 0 Å². The van der Waals surface area contributed by atoms with Gasteiger partial charge in [0.05, 0.1) is 6.42 Å². The van der Waals surface area contributed by atoms with Crippen LogP contribution >= 0.6 is 0 Å². The van der Waals surface area contributed by atoms with Crippen molar-refractivity contribution in [2.75, 3.05) is 10.6 Å². The molecule has 0 saturated carbocycles. The highest BCUT2D eigenvalue weighted by Crippen LogP contribution is 2.15. The Bertz CT molecular complexity index is 678. The van der Waals surface area contributed by atoms with Gasteiger partial charge in [-0.2, -0.15) is 0 Å². The Morgan fingerprint density at radius 3 is 2.32 bits per heavy atom. The molecule has 2 N–H and O–H groups in total. The number of hydrogen-bond donors (Lipinski definition) is 2. The number of hydrogen-bond acceptors (Lipinski definition) is 2. The largest absolute Gasteiger partial charge is 0.326 e. The van der Waals surface area contributed by atoms with Crippen LogP contribution in [0.2, 0.25) is 0 Å². The molecule has 0 spiro atoms. The summed E-state index contributed by atoms with van der Waals surface area (Å²) >= 11 is 0. The Hall–Kier alpha value is -2.88. The molecule has 0 unspecified atom stereocenters. The van der Waals surface area contributed by atoms with Crippen LogP contribution in [-0.2, 0) is 16.0 Å². The molecule has 112 valence electrons. The molecular formula is C18H18N2O2. The van der Waals surface area contributed by atoms with Gasteiger partial charge < -0.3 is 10.6 Å². The van der Waals surface area contributed by atoms with Crippen molar-refractivity contribution in [1.29, 1.82) is 0 Å². The topological polar surface area (TPSA) is 58.2 Å². The van der Waals surface area contributed by atoms with Gasteiger partial charge in [-0.1, -0.05) is 42.5 Å². The summed E-state index contributed by atoms with van der Waals surface area (Å²) in [5.74, 6) is -0.293. The fourth-order valence-electron chi connectivity index (χ4n) is 2.00. The minimum Gasteiger partial charge on any atom is -0.326 e. The Kier molecular flexibility index (Phi) is 5.49. The Morgan fingerprint density at radius 2 is 1.64 bits per heavy atom. The van der Waals surface area contributed by atoms with Crippen molar-refractivity contribution in [3.8, 4) is 0 Å². The minimum absolute atomic E-state index is 0.0943. The van der Waals surface area contributed by atoms with Gasteiger partial charge in [-0.3, -0.25) is 9.59 Å². The van der Waals surface area contributed by atoms with Crippen LogP contribution in [0.25, 0.3) is 0 Å². The molecule has 0 radical (unpaired) electrons. The number of nitrogens with one attached hydrogen (secondary N) is 2. The van der Waals surface area contributed by atoms with E-state index >= 15 is 0 Å². The molecule has 0 heterocycles. The highest BCUT2D eigenvalue weighted by molar-refractivity contribution is 6.00. The van der Waals surface area contributed by atoms with Gasteiger partial charge in [0.15, 0.2) is 0 Å². The number of benzene rings is 2. The van der Waals surface area contributed by atoms with E-state index in [4.69, 9.17) is 0 Å². The van der Waals surface area contributed by atoms with Crippen LogP contribution in [0.3, 0.4) is 0 Å². The smallest absolute Gasteiger partial charge is 0.248 e. The van der Waals surface area contributed by atoms with Crippen molar-refractivity contribution in [3.05, 3.63) is 72.3 Å². The third-order valence-electron chi connectivity index (χ3n) is 2.94. The maximum Gasteiger partial charge on any atom is 0.248 e. The van der Waals surface area contributed by atoms with Crippen LogP contribution in [0.1, 0.15) is 12.5 Å². The summed E-state index contributed by atoms with van der Waals surface area (Å²) in [5.41, 5.74) is 2.25. The first kappa shape index (κ1) is 15.5. The molecule has 0 aliphatic carbocycles. The van der Waals surface area contributed by atoms with Crippen molar-refractivity contribution < 1.29 is 9.59 Å². The van der Waals surface area contributed by atoms with Crippen molar-refractivity contribution in [2.45, 2.75) is 13.3 Å². The Balaban J connectivity index is 1.98. The summed E-state index contributed by atoms with van der Waals surface area (Å²) in [6.45, 7) is 1.78. The number of amides is 2. The molecule has 4 nitrogen and oxygen atoms in total. The normalized spacial score (nSPS) is 10.4. The summed E-state index contributed by atoms with van der Waals surface area (Å²) < 4.78 is 0. The van der Waals surface area contributed by atoms with E-state index in [1.165, 1.54) is 6.08 Å². The second-order valence-corrected chi connectivity index (χ2v) is 4.78. The third kappa shape index (κ3) is 4.90. The number of allylic oxidation sites excluding steroid dienone is 1. The van der Waals surface area contributed by atoms with Crippen molar-refractivity contribution in [1.82, 2.24) is 0 Å². The molecule has 0 aliphatic heterocycles. The lowest BCUT2D eigenvalue weighted by molar-refractivity contribution is -0.115. The molecule has 0 bridgehead atoms. The number of carbonyl (C=O) groups is 2. The molecule has 0 fully saturated rings. The van der Waals surface area contributed by atoms with E-state index in [1.54, 1.807) is 37.3 Å². The van der Waals surface area contributed by atoms with Gasteiger partial charge in [0, 0.05) is 11.4 Å². The molecule has 2 amide bonds. The maximum absolute atomic E-state index is 12.0. The summed E-state index contributed by atoms with van der Waals surface area (Å²) in [7, 11) is 0. The van der Waals surface area contributed by atoms with Crippen LogP contribution in [0, 0.1) is 0 Å². The molecule has 0 saturated heterocycles. The van der Waals surface area contributed by atoms with Crippen LogP contribution in [0.5, 0.6) is 0 Å². The first-order valence-electron chi connectivity index (χ1n) is 7.05. The van der Waals surface area contributed by atoms with Crippen molar-refractivity contribution in [3.63, 3.8) is 0 Å². The van der Waals surface area contributed by atoms with Gasteiger partial charge in [0.1, 0.15) is 0 Å². The van der Waals surface area contributed by atoms with Crippen molar-refractivity contribution in [2.24, 2.45) is 0 Å². The average Bonchev–Trinajstić information content (AvgIpc) is 2.48. The predicted octanol–water partition coefficient (Wildman–Crippen LogP) is 3.38. The molecule has 4 heteroatoms. The van der Waals surface area contributed by atoms with E-state index in [0.29, 0.717) is 17.8 Å².